The van der Waals surface area contributed by atoms with Gasteiger partial charge in [-0.3, -0.25) is 15.1 Å². The first-order chi connectivity index (χ1) is 13.2. The lowest BCUT2D eigenvalue weighted by atomic mass is 10.1. The predicted molar refractivity (Wildman–Crippen MR) is 109 cm³/mol. The number of pyridine rings is 1. The molecule has 0 aliphatic rings. The lowest BCUT2D eigenvalue weighted by molar-refractivity contribution is 0.00695. The molecular weight excluding hydrogens is 378 g/mol. The number of esters is 1. The molecule has 0 fully saturated rings. The quantitative estimate of drug-likeness (QED) is 0.511. The molecule has 0 aliphatic heterocycles. The van der Waals surface area contributed by atoms with E-state index in [-0.39, 0.29) is 10.9 Å². The van der Waals surface area contributed by atoms with Crippen molar-refractivity contribution in [3.05, 3.63) is 60.1 Å². The number of nitrogens with zero attached hydrogens (tertiary/aromatic N) is 1. The Morgan fingerprint density at radius 2 is 1.86 bits per heavy atom. The highest BCUT2D eigenvalue weighted by molar-refractivity contribution is 7.80. The van der Waals surface area contributed by atoms with Crippen molar-refractivity contribution in [3.8, 4) is 0 Å². The zero-order valence-electron chi connectivity index (χ0n) is 15.6. The molecule has 0 saturated heterocycles. The van der Waals surface area contributed by atoms with Crippen molar-refractivity contribution in [1.29, 1.82) is 0 Å². The van der Waals surface area contributed by atoms with Gasteiger partial charge in [0.05, 0.1) is 5.56 Å². The smallest absolute Gasteiger partial charge is 0.338 e. The number of hydrogen-bond acceptors (Lipinski definition) is 6. The molecule has 8 heteroatoms. The van der Waals surface area contributed by atoms with Crippen LogP contribution in [0.15, 0.2) is 53.2 Å². The monoisotopic (exact) mass is 397 g/mol. The summed E-state index contributed by atoms with van der Waals surface area (Å²) in [6.45, 7) is 5.42. The molecule has 0 saturated carbocycles. The Kier molecular flexibility index (Phi) is 5.41. The lowest BCUT2D eigenvalue weighted by Crippen LogP contribution is -2.33. The SMILES string of the molecule is CC(C)(C)OC(=O)c1ccc(NC(=S)NC(=O)c2cc3cnccc3o2)cc1. The Hall–Kier alpha value is -3.26. The van der Waals surface area contributed by atoms with Crippen LogP contribution in [0.4, 0.5) is 5.69 Å². The van der Waals surface area contributed by atoms with Gasteiger partial charge in [-0.2, -0.15) is 0 Å². The summed E-state index contributed by atoms with van der Waals surface area (Å²) in [4.78, 5) is 28.3. The predicted octanol–water partition coefficient (Wildman–Crippen LogP) is 3.91. The number of carbonyl (C=O) groups excluding carboxylic acids is 2. The number of thiocarbonyl (C=S) groups is 1. The van der Waals surface area contributed by atoms with Gasteiger partial charge in [-0.25, -0.2) is 4.79 Å². The molecule has 0 atom stereocenters. The third-order valence-electron chi connectivity index (χ3n) is 3.54. The fourth-order valence-electron chi connectivity index (χ4n) is 2.35. The Morgan fingerprint density at radius 1 is 1.14 bits per heavy atom. The fraction of sp³-hybridized carbons (Fsp3) is 0.200. The summed E-state index contributed by atoms with van der Waals surface area (Å²) in [6.07, 6.45) is 3.19. The zero-order valence-corrected chi connectivity index (χ0v) is 16.4. The number of anilines is 1. The highest BCUT2D eigenvalue weighted by atomic mass is 32.1. The average molecular weight is 397 g/mol. The summed E-state index contributed by atoms with van der Waals surface area (Å²) in [5, 5.41) is 6.27. The maximum Gasteiger partial charge on any atom is 0.338 e. The van der Waals surface area contributed by atoms with Crippen LogP contribution < -0.4 is 10.6 Å². The molecular formula is C20H19N3O4S. The molecule has 3 rings (SSSR count). The molecule has 2 N–H and O–H groups in total. The minimum absolute atomic E-state index is 0.105. The molecule has 0 bridgehead atoms. The van der Waals surface area contributed by atoms with E-state index >= 15 is 0 Å². The molecule has 0 radical (unpaired) electrons. The first-order valence-electron chi connectivity index (χ1n) is 8.50. The van der Waals surface area contributed by atoms with E-state index in [1.807, 2.05) is 0 Å². The molecule has 0 spiro atoms. The summed E-state index contributed by atoms with van der Waals surface area (Å²) >= 11 is 5.16. The van der Waals surface area contributed by atoms with Gasteiger partial charge in [0.15, 0.2) is 10.9 Å². The van der Waals surface area contributed by atoms with Gasteiger partial charge >= 0.3 is 5.97 Å². The molecule has 1 aromatic carbocycles. The van der Waals surface area contributed by atoms with E-state index < -0.39 is 17.5 Å². The second-order valence-electron chi connectivity index (χ2n) is 7.01. The second kappa shape index (κ2) is 7.77. The van der Waals surface area contributed by atoms with Gasteiger partial charge in [0.1, 0.15) is 11.2 Å². The van der Waals surface area contributed by atoms with Crippen molar-refractivity contribution in [2.75, 3.05) is 5.32 Å². The van der Waals surface area contributed by atoms with Crippen molar-refractivity contribution in [1.82, 2.24) is 10.3 Å². The van der Waals surface area contributed by atoms with E-state index in [9.17, 15) is 9.59 Å². The van der Waals surface area contributed by atoms with Crippen molar-refractivity contribution in [3.63, 3.8) is 0 Å². The van der Waals surface area contributed by atoms with Crippen molar-refractivity contribution in [2.45, 2.75) is 26.4 Å². The van der Waals surface area contributed by atoms with E-state index in [2.05, 4.69) is 15.6 Å². The number of nitrogens with one attached hydrogen (secondary N) is 2. The number of furan rings is 1. The Morgan fingerprint density at radius 3 is 2.50 bits per heavy atom. The third kappa shape index (κ3) is 4.92. The van der Waals surface area contributed by atoms with E-state index in [1.165, 1.54) is 0 Å². The van der Waals surface area contributed by atoms with Gasteiger partial charge in [-0.1, -0.05) is 0 Å². The van der Waals surface area contributed by atoms with Gasteiger partial charge in [0, 0.05) is 23.5 Å². The molecule has 0 unspecified atom stereocenters. The van der Waals surface area contributed by atoms with E-state index in [1.54, 1.807) is 69.6 Å². The van der Waals surface area contributed by atoms with Crippen LogP contribution in [-0.4, -0.2) is 27.6 Å². The van der Waals surface area contributed by atoms with Crippen molar-refractivity contribution in [2.24, 2.45) is 0 Å². The lowest BCUT2D eigenvalue weighted by Gasteiger charge is -2.19. The maximum absolute atomic E-state index is 12.3. The fourth-order valence-corrected chi connectivity index (χ4v) is 2.56. The summed E-state index contributed by atoms with van der Waals surface area (Å²) in [6, 6.07) is 9.85. The van der Waals surface area contributed by atoms with Gasteiger partial charge in [0.25, 0.3) is 5.91 Å². The van der Waals surface area contributed by atoms with Crippen molar-refractivity contribution >= 4 is 45.9 Å². The zero-order chi connectivity index (χ0) is 20.3. The Balaban J connectivity index is 1.60. The van der Waals surface area contributed by atoms with Crippen LogP contribution in [0.2, 0.25) is 0 Å². The number of fused-ring (bicyclic) bond motifs is 1. The summed E-state index contributed by atoms with van der Waals surface area (Å²) in [5.74, 6) is -0.749. The Bertz CT molecular complexity index is 1000. The van der Waals surface area contributed by atoms with Gasteiger partial charge in [-0.15, -0.1) is 0 Å². The van der Waals surface area contributed by atoms with Crippen LogP contribution in [0, 0.1) is 0 Å². The minimum Gasteiger partial charge on any atom is -0.456 e. The molecule has 2 heterocycles. The van der Waals surface area contributed by atoms with Crippen LogP contribution in [-0.2, 0) is 4.74 Å². The summed E-state index contributed by atoms with van der Waals surface area (Å²) < 4.78 is 10.8. The van der Waals surface area contributed by atoms with Crippen LogP contribution in [0.5, 0.6) is 0 Å². The van der Waals surface area contributed by atoms with Gasteiger partial charge < -0.3 is 14.5 Å². The largest absolute Gasteiger partial charge is 0.456 e. The van der Waals surface area contributed by atoms with Crippen LogP contribution in [0.1, 0.15) is 41.7 Å². The topological polar surface area (TPSA) is 93.5 Å². The van der Waals surface area contributed by atoms with Gasteiger partial charge in [-0.05, 0) is 69.4 Å². The molecule has 144 valence electrons. The average Bonchev–Trinajstić information content (AvgIpc) is 3.05. The molecule has 3 aromatic rings. The number of ether oxygens (including phenoxy) is 1. The summed E-state index contributed by atoms with van der Waals surface area (Å²) in [5.41, 5.74) is 1.04. The first kappa shape index (κ1) is 19.5. The summed E-state index contributed by atoms with van der Waals surface area (Å²) in [7, 11) is 0. The molecule has 7 nitrogen and oxygen atoms in total. The standard InChI is InChI=1S/C20H19N3O4S/c1-20(2,3)27-18(25)12-4-6-14(7-5-12)22-19(28)23-17(24)16-10-13-11-21-9-8-15(13)26-16/h4-11H,1-3H3,(H2,22,23,24,28). The molecule has 1 amide bonds. The maximum atomic E-state index is 12.3. The van der Waals surface area contributed by atoms with E-state index in [0.717, 1.165) is 5.39 Å². The van der Waals surface area contributed by atoms with E-state index in [4.69, 9.17) is 21.4 Å². The normalized spacial score (nSPS) is 11.1. The number of carbonyl (C=O) groups is 2. The Labute approximate surface area is 167 Å². The van der Waals surface area contributed by atoms with Crippen LogP contribution >= 0.6 is 12.2 Å². The third-order valence-corrected chi connectivity index (χ3v) is 3.75. The molecule has 28 heavy (non-hydrogen) atoms. The minimum atomic E-state index is -0.563. The highest BCUT2D eigenvalue weighted by Gasteiger charge is 2.18. The molecule has 0 aliphatic carbocycles. The second-order valence-corrected chi connectivity index (χ2v) is 7.42. The number of hydrogen-bond donors (Lipinski definition) is 2. The molecule has 2 aromatic heterocycles. The van der Waals surface area contributed by atoms with Crippen LogP contribution in [0.25, 0.3) is 11.0 Å². The van der Waals surface area contributed by atoms with Crippen molar-refractivity contribution < 1.29 is 18.7 Å². The number of amides is 1. The number of aromatic nitrogens is 1. The van der Waals surface area contributed by atoms with E-state index in [0.29, 0.717) is 16.8 Å². The van der Waals surface area contributed by atoms with Gasteiger partial charge in [0.2, 0.25) is 0 Å². The van der Waals surface area contributed by atoms with Crippen LogP contribution in [0.3, 0.4) is 0 Å². The number of rotatable bonds is 3. The highest BCUT2D eigenvalue weighted by Crippen LogP contribution is 2.18. The first-order valence-corrected chi connectivity index (χ1v) is 8.91. The number of benzene rings is 1.